The molecule has 0 saturated heterocycles. The van der Waals surface area contributed by atoms with Gasteiger partial charge in [0.2, 0.25) is 0 Å². The highest BCUT2D eigenvalue weighted by molar-refractivity contribution is 5.17. The molecule has 102 valence electrons. The zero-order valence-corrected chi connectivity index (χ0v) is 11.7. The van der Waals surface area contributed by atoms with Crippen molar-refractivity contribution >= 4 is 0 Å². The van der Waals surface area contributed by atoms with Gasteiger partial charge < -0.3 is 10.6 Å². The average molecular weight is 252 g/mol. The third-order valence-corrected chi connectivity index (χ3v) is 2.85. The van der Waals surface area contributed by atoms with Crippen molar-refractivity contribution in [3.05, 3.63) is 35.6 Å². The van der Waals surface area contributed by atoms with Gasteiger partial charge in [-0.2, -0.15) is 0 Å². The van der Waals surface area contributed by atoms with Crippen molar-refractivity contribution in [2.75, 3.05) is 19.6 Å². The first-order valence-electron chi connectivity index (χ1n) is 6.77. The number of rotatable bonds is 8. The largest absolute Gasteiger partial charge is 0.315 e. The molecule has 0 aliphatic carbocycles. The lowest BCUT2D eigenvalue weighted by molar-refractivity contribution is 0.473. The minimum Gasteiger partial charge on any atom is -0.315 e. The fourth-order valence-electron chi connectivity index (χ4n) is 1.82. The summed E-state index contributed by atoms with van der Waals surface area (Å²) in [6.45, 7) is 9.35. The molecule has 0 radical (unpaired) electrons. The zero-order valence-electron chi connectivity index (χ0n) is 11.7. The Morgan fingerprint density at radius 3 is 2.50 bits per heavy atom. The highest BCUT2D eigenvalue weighted by atomic mass is 19.1. The monoisotopic (exact) mass is 252 g/mol. The second-order valence-corrected chi connectivity index (χ2v) is 5.25. The van der Waals surface area contributed by atoms with E-state index in [1.807, 2.05) is 12.1 Å². The van der Waals surface area contributed by atoms with Gasteiger partial charge in [0.15, 0.2) is 0 Å². The van der Waals surface area contributed by atoms with Gasteiger partial charge in [-0.25, -0.2) is 4.39 Å². The van der Waals surface area contributed by atoms with E-state index in [-0.39, 0.29) is 5.82 Å². The molecule has 3 heteroatoms. The predicted octanol–water partition coefficient (Wildman–Crippen LogP) is 2.59. The Labute approximate surface area is 110 Å². The van der Waals surface area contributed by atoms with Crippen LogP contribution in [0.5, 0.6) is 0 Å². The molecule has 2 N–H and O–H groups in total. The maximum absolute atomic E-state index is 13.4. The maximum atomic E-state index is 13.4. The molecule has 0 amide bonds. The van der Waals surface area contributed by atoms with Crippen molar-refractivity contribution in [3.63, 3.8) is 0 Å². The summed E-state index contributed by atoms with van der Waals surface area (Å²) in [6.07, 6.45) is 0.737. The van der Waals surface area contributed by atoms with Gasteiger partial charge in [-0.05, 0) is 44.0 Å². The molecule has 0 saturated carbocycles. The van der Waals surface area contributed by atoms with Gasteiger partial charge in [-0.3, -0.25) is 0 Å². The van der Waals surface area contributed by atoms with Crippen LogP contribution in [0.1, 0.15) is 26.3 Å². The first-order valence-corrected chi connectivity index (χ1v) is 6.77. The number of benzene rings is 1. The van der Waals surface area contributed by atoms with E-state index in [9.17, 15) is 4.39 Å². The molecule has 0 heterocycles. The third kappa shape index (κ3) is 6.12. The summed E-state index contributed by atoms with van der Waals surface area (Å²) in [5.41, 5.74) is 0.785. The molecular formula is C15H25FN2. The molecule has 1 atom stereocenters. The molecular weight excluding hydrogens is 227 g/mol. The van der Waals surface area contributed by atoms with Gasteiger partial charge >= 0.3 is 0 Å². The Morgan fingerprint density at radius 2 is 1.83 bits per heavy atom. The van der Waals surface area contributed by atoms with E-state index in [0.29, 0.717) is 12.0 Å². The van der Waals surface area contributed by atoms with Gasteiger partial charge in [-0.15, -0.1) is 0 Å². The molecule has 1 aromatic carbocycles. The molecule has 0 aliphatic heterocycles. The van der Waals surface area contributed by atoms with Crippen LogP contribution < -0.4 is 10.6 Å². The van der Waals surface area contributed by atoms with Gasteiger partial charge in [0, 0.05) is 12.6 Å². The van der Waals surface area contributed by atoms with Crippen molar-refractivity contribution < 1.29 is 4.39 Å². The third-order valence-electron chi connectivity index (χ3n) is 2.85. The topological polar surface area (TPSA) is 24.1 Å². The lowest BCUT2D eigenvalue weighted by Crippen LogP contribution is -2.38. The van der Waals surface area contributed by atoms with Crippen molar-refractivity contribution in [2.24, 2.45) is 5.92 Å². The predicted molar refractivity (Wildman–Crippen MR) is 75.3 cm³/mol. The molecule has 1 rings (SSSR count). The van der Waals surface area contributed by atoms with Crippen molar-refractivity contribution in [1.82, 2.24) is 10.6 Å². The van der Waals surface area contributed by atoms with Crippen LogP contribution in [-0.4, -0.2) is 25.7 Å². The summed E-state index contributed by atoms with van der Waals surface area (Å²) in [6, 6.07) is 7.38. The maximum Gasteiger partial charge on any atom is 0.126 e. The second-order valence-electron chi connectivity index (χ2n) is 5.25. The Bertz CT molecular complexity index is 339. The summed E-state index contributed by atoms with van der Waals surface area (Å²) >= 11 is 0. The van der Waals surface area contributed by atoms with Crippen molar-refractivity contribution in [1.29, 1.82) is 0 Å². The summed E-state index contributed by atoms with van der Waals surface area (Å²) in [5, 5.41) is 6.81. The Hall–Kier alpha value is -0.930. The summed E-state index contributed by atoms with van der Waals surface area (Å²) in [5.74, 6) is 0.570. The van der Waals surface area contributed by atoms with E-state index < -0.39 is 0 Å². The van der Waals surface area contributed by atoms with Crippen LogP contribution in [0.3, 0.4) is 0 Å². The SMILES string of the molecule is CC(C)CNCC(C)NCCc1ccccc1F. The Morgan fingerprint density at radius 1 is 1.11 bits per heavy atom. The highest BCUT2D eigenvalue weighted by Gasteiger charge is 2.03. The summed E-state index contributed by atoms with van der Waals surface area (Å²) in [7, 11) is 0. The molecule has 2 nitrogen and oxygen atoms in total. The van der Waals surface area contributed by atoms with Gasteiger partial charge in [0.1, 0.15) is 5.82 Å². The van der Waals surface area contributed by atoms with E-state index in [1.165, 1.54) is 6.07 Å². The van der Waals surface area contributed by atoms with Crippen LogP contribution >= 0.6 is 0 Å². The van der Waals surface area contributed by atoms with E-state index in [2.05, 4.69) is 31.4 Å². The standard InChI is InChI=1S/C15H25FN2/c1-12(2)10-17-11-13(3)18-9-8-14-6-4-5-7-15(14)16/h4-7,12-13,17-18H,8-11H2,1-3H3. The number of hydrogen-bond acceptors (Lipinski definition) is 2. The normalized spacial score (nSPS) is 12.9. The van der Waals surface area contributed by atoms with Crippen LogP contribution in [0.15, 0.2) is 24.3 Å². The number of hydrogen-bond donors (Lipinski definition) is 2. The zero-order chi connectivity index (χ0) is 13.4. The fraction of sp³-hybridized carbons (Fsp3) is 0.600. The number of halogens is 1. The lowest BCUT2D eigenvalue weighted by Gasteiger charge is -2.15. The van der Waals surface area contributed by atoms with Gasteiger partial charge in [0.25, 0.3) is 0 Å². The van der Waals surface area contributed by atoms with Gasteiger partial charge in [-0.1, -0.05) is 32.0 Å². The van der Waals surface area contributed by atoms with E-state index in [4.69, 9.17) is 0 Å². The lowest BCUT2D eigenvalue weighted by atomic mass is 10.1. The van der Waals surface area contributed by atoms with Crippen LogP contribution in [0.25, 0.3) is 0 Å². The first-order chi connectivity index (χ1) is 8.59. The minimum absolute atomic E-state index is 0.107. The van der Waals surface area contributed by atoms with E-state index >= 15 is 0 Å². The molecule has 0 aromatic heterocycles. The van der Waals surface area contributed by atoms with E-state index in [0.717, 1.165) is 31.6 Å². The van der Waals surface area contributed by atoms with Crippen molar-refractivity contribution in [2.45, 2.75) is 33.2 Å². The Kier molecular flexibility index (Phi) is 6.91. The van der Waals surface area contributed by atoms with E-state index in [1.54, 1.807) is 6.07 Å². The van der Waals surface area contributed by atoms with Crippen LogP contribution in [0.4, 0.5) is 4.39 Å². The summed E-state index contributed by atoms with van der Waals surface area (Å²) in [4.78, 5) is 0. The molecule has 1 unspecified atom stereocenters. The average Bonchev–Trinajstić information content (AvgIpc) is 2.31. The first kappa shape index (κ1) is 15.1. The van der Waals surface area contributed by atoms with Crippen LogP contribution in [0, 0.1) is 11.7 Å². The minimum atomic E-state index is -0.107. The highest BCUT2D eigenvalue weighted by Crippen LogP contribution is 2.06. The molecule has 1 aromatic rings. The molecule has 0 fully saturated rings. The van der Waals surface area contributed by atoms with Crippen LogP contribution in [0.2, 0.25) is 0 Å². The quantitative estimate of drug-likeness (QED) is 0.743. The molecule has 0 bridgehead atoms. The Balaban J connectivity index is 2.15. The van der Waals surface area contributed by atoms with Crippen molar-refractivity contribution in [3.8, 4) is 0 Å². The summed E-state index contributed by atoms with van der Waals surface area (Å²) < 4.78 is 13.4. The molecule has 0 spiro atoms. The van der Waals surface area contributed by atoms with Crippen LogP contribution in [-0.2, 0) is 6.42 Å². The molecule has 18 heavy (non-hydrogen) atoms. The van der Waals surface area contributed by atoms with Gasteiger partial charge in [0.05, 0.1) is 0 Å². The second kappa shape index (κ2) is 8.22. The number of nitrogens with one attached hydrogen (secondary N) is 2. The molecule has 0 aliphatic rings. The smallest absolute Gasteiger partial charge is 0.126 e. The fourth-order valence-corrected chi connectivity index (χ4v) is 1.82.